The van der Waals surface area contributed by atoms with Crippen molar-refractivity contribution in [3.8, 4) is 0 Å². The van der Waals surface area contributed by atoms with E-state index >= 15 is 0 Å². The van der Waals surface area contributed by atoms with Crippen LogP contribution in [0.3, 0.4) is 0 Å². The molecule has 7 heteroatoms. The third kappa shape index (κ3) is 4.47. The van der Waals surface area contributed by atoms with E-state index in [9.17, 15) is 22.8 Å². The van der Waals surface area contributed by atoms with Gasteiger partial charge < -0.3 is 10.2 Å². The van der Waals surface area contributed by atoms with Crippen LogP contribution in [-0.4, -0.2) is 42.0 Å². The van der Waals surface area contributed by atoms with Gasteiger partial charge in [0.1, 0.15) is 0 Å². The van der Waals surface area contributed by atoms with Crippen molar-refractivity contribution in [2.24, 2.45) is 5.92 Å². The fourth-order valence-electron chi connectivity index (χ4n) is 2.51. The molecule has 1 saturated carbocycles. The van der Waals surface area contributed by atoms with Gasteiger partial charge in [-0.3, -0.25) is 9.59 Å². The maximum atomic E-state index is 12.3. The van der Waals surface area contributed by atoms with Crippen molar-refractivity contribution < 1.29 is 22.8 Å². The first-order valence-corrected chi connectivity index (χ1v) is 7.12. The Bertz CT molecular complexity index is 448. The summed E-state index contributed by atoms with van der Waals surface area (Å²) in [5.74, 6) is -1.47. The summed E-state index contributed by atoms with van der Waals surface area (Å²) in [6.07, 6.45) is -0.306. The fourth-order valence-corrected chi connectivity index (χ4v) is 2.51. The van der Waals surface area contributed by atoms with Gasteiger partial charge in [0.15, 0.2) is 0 Å². The van der Waals surface area contributed by atoms with E-state index in [1.165, 1.54) is 0 Å². The molecular formula is C14H19F3N2O2. The Morgan fingerprint density at radius 2 is 1.71 bits per heavy atom. The summed E-state index contributed by atoms with van der Waals surface area (Å²) >= 11 is 0. The Hall–Kier alpha value is -1.53. The van der Waals surface area contributed by atoms with Gasteiger partial charge in [-0.25, -0.2) is 0 Å². The van der Waals surface area contributed by atoms with Crippen molar-refractivity contribution in [3.63, 3.8) is 0 Å². The first kappa shape index (κ1) is 15.9. The summed E-state index contributed by atoms with van der Waals surface area (Å²) in [6, 6.07) is -0.168. The molecule has 0 unspecified atom stereocenters. The third-order valence-electron chi connectivity index (χ3n) is 3.95. The highest BCUT2D eigenvalue weighted by molar-refractivity contribution is 5.88. The second-order valence-electron chi connectivity index (χ2n) is 5.74. The van der Waals surface area contributed by atoms with Crippen molar-refractivity contribution in [1.82, 2.24) is 10.2 Å². The predicted molar refractivity (Wildman–Crippen MR) is 70.3 cm³/mol. The molecule has 21 heavy (non-hydrogen) atoms. The lowest BCUT2D eigenvalue weighted by atomic mass is 10.0. The molecule has 1 heterocycles. The van der Waals surface area contributed by atoms with Crippen molar-refractivity contribution in [2.45, 2.75) is 44.8 Å². The number of amides is 2. The molecule has 2 fully saturated rings. The van der Waals surface area contributed by atoms with Crippen LogP contribution in [0.4, 0.5) is 13.2 Å². The number of nitrogens with one attached hydrogen (secondary N) is 1. The number of carbonyl (C=O) groups excluding carboxylic acids is 2. The van der Waals surface area contributed by atoms with Crippen LogP contribution in [0.1, 0.15) is 32.6 Å². The molecule has 2 aliphatic rings. The van der Waals surface area contributed by atoms with E-state index in [2.05, 4.69) is 5.32 Å². The number of carbonyl (C=O) groups is 2. The Kier molecular flexibility index (Phi) is 4.58. The minimum Gasteiger partial charge on any atom is -0.350 e. The molecule has 118 valence electrons. The molecule has 2 amide bonds. The van der Waals surface area contributed by atoms with Crippen LogP contribution in [0.2, 0.25) is 0 Å². The monoisotopic (exact) mass is 304 g/mol. The molecule has 1 aliphatic heterocycles. The van der Waals surface area contributed by atoms with Gasteiger partial charge in [0.2, 0.25) is 5.91 Å². The Morgan fingerprint density at radius 1 is 1.14 bits per heavy atom. The van der Waals surface area contributed by atoms with Crippen LogP contribution >= 0.6 is 0 Å². The zero-order valence-electron chi connectivity index (χ0n) is 11.9. The Labute approximate surface area is 121 Å². The zero-order valence-corrected chi connectivity index (χ0v) is 11.9. The molecule has 0 aromatic heterocycles. The second-order valence-corrected chi connectivity index (χ2v) is 5.74. The molecule has 4 nitrogen and oxygen atoms in total. The average molecular weight is 304 g/mol. The van der Waals surface area contributed by atoms with Crippen LogP contribution in [0, 0.1) is 5.92 Å². The average Bonchev–Trinajstić information content (AvgIpc) is 3.21. The number of piperidine rings is 1. The summed E-state index contributed by atoms with van der Waals surface area (Å²) in [5.41, 5.74) is 1.05. The highest BCUT2D eigenvalue weighted by Crippen LogP contribution is 2.35. The predicted octanol–water partition coefficient (Wildman–Crippen LogP) is 2.01. The van der Waals surface area contributed by atoms with Crippen LogP contribution in [-0.2, 0) is 9.59 Å². The van der Waals surface area contributed by atoms with Gasteiger partial charge in [-0.15, -0.1) is 0 Å². The molecule has 0 radical (unpaired) electrons. The topological polar surface area (TPSA) is 49.4 Å². The van der Waals surface area contributed by atoms with Gasteiger partial charge in [-0.1, -0.05) is 5.57 Å². The minimum atomic E-state index is -4.82. The van der Waals surface area contributed by atoms with Gasteiger partial charge in [0.25, 0.3) is 0 Å². The van der Waals surface area contributed by atoms with Gasteiger partial charge in [0, 0.05) is 25.2 Å². The number of hydrogen-bond acceptors (Lipinski definition) is 2. The van der Waals surface area contributed by atoms with Gasteiger partial charge in [-0.05, 0) is 38.5 Å². The number of hydrogen-bond donors (Lipinski definition) is 1. The number of nitrogens with zero attached hydrogens (tertiary/aromatic N) is 1. The summed E-state index contributed by atoms with van der Waals surface area (Å²) < 4.78 is 36.9. The van der Waals surface area contributed by atoms with Crippen molar-refractivity contribution >= 4 is 11.8 Å². The maximum absolute atomic E-state index is 12.3. The van der Waals surface area contributed by atoms with Crippen molar-refractivity contribution in [3.05, 3.63) is 11.6 Å². The molecule has 2 rings (SSSR count). The Balaban J connectivity index is 1.77. The highest BCUT2D eigenvalue weighted by atomic mass is 19.4. The standard InChI is InChI=1S/C14H19F3N2O2/c1-9(10-2-3-10)8-12(20)18-11-4-6-19(7-5-11)13(21)14(15,16)17/h8,10-11H,2-7H2,1H3,(H,18,20)/b9-8+. The molecule has 0 atom stereocenters. The molecular weight excluding hydrogens is 285 g/mol. The summed E-state index contributed by atoms with van der Waals surface area (Å²) in [6.45, 7) is 1.96. The summed E-state index contributed by atoms with van der Waals surface area (Å²) in [4.78, 5) is 23.7. The lowest BCUT2D eigenvalue weighted by molar-refractivity contribution is -0.186. The zero-order chi connectivity index (χ0) is 15.6. The molecule has 0 aromatic rings. The highest BCUT2D eigenvalue weighted by Gasteiger charge is 2.43. The first-order valence-electron chi connectivity index (χ1n) is 7.12. The van der Waals surface area contributed by atoms with E-state index in [0.717, 1.165) is 23.3 Å². The van der Waals surface area contributed by atoms with Crippen LogP contribution in [0.15, 0.2) is 11.6 Å². The van der Waals surface area contributed by atoms with E-state index in [-0.39, 0.29) is 25.0 Å². The lowest BCUT2D eigenvalue weighted by Gasteiger charge is -2.32. The van der Waals surface area contributed by atoms with E-state index in [4.69, 9.17) is 0 Å². The number of alkyl halides is 3. The van der Waals surface area contributed by atoms with Gasteiger partial charge in [-0.2, -0.15) is 13.2 Å². The molecule has 1 saturated heterocycles. The number of likely N-dealkylation sites (tertiary alicyclic amines) is 1. The van der Waals surface area contributed by atoms with E-state index in [1.807, 2.05) is 6.92 Å². The van der Waals surface area contributed by atoms with Gasteiger partial charge in [0.05, 0.1) is 0 Å². The maximum Gasteiger partial charge on any atom is 0.471 e. The molecule has 0 aromatic carbocycles. The van der Waals surface area contributed by atoms with Gasteiger partial charge >= 0.3 is 12.1 Å². The fraction of sp³-hybridized carbons (Fsp3) is 0.714. The number of rotatable bonds is 3. The molecule has 1 N–H and O–H groups in total. The normalized spacial score (nSPS) is 21.3. The van der Waals surface area contributed by atoms with Crippen LogP contribution < -0.4 is 5.32 Å². The lowest BCUT2D eigenvalue weighted by Crippen LogP contribution is -2.49. The molecule has 0 bridgehead atoms. The molecule has 1 aliphatic carbocycles. The van der Waals surface area contributed by atoms with Crippen LogP contribution in [0.5, 0.6) is 0 Å². The van der Waals surface area contributed by atoms with Crippen LogP contribution in [0.25, 0.3) is 0 Å². The largest absolute Gasteiger partial charge is 0.471 e. The summed E-state index contributed by atoms with van der Waals surface area (Å²) in [5, 5.41) is 2.80. The number of halogens is 3. The number of allylic oxidation sites excluding steroid dienone is 1. The SMILES string of the molecule is C/C(=C\C(=O)NC1CCN(C(=O)C(F)(F)F)CC1)C1CC1. The summed E-state index contributed by atoms with van der Waals surface area (Å²) in [7, 11) is 0. The first-order chi connectivity index (χ1) is 9.77. The van der Waals surface area contributed by atoms with E-state index in [0.29, 0.717) is 18.8 Å². The smallest absolute Gasteiger partial charge is 0.350 e. The Morgan fingerprint density at radius 3 is 2.19 bits per heavy atom. The molecule has 0 spiro atoms. The van der Waals surface area contributed by atoms with Crippen molar-refractivity contribution in [2.75, 3.05) is 13.1 Å². The van der Waals surface area contributed by atoms with Crippen molar-refractivity contribution in [1.29, 1.82) is 0 Å². The quantitative estimate of drug-likeness (QED) is 0.811. The minimum absolute atomic E-state index is 0.0224. The third-order valence-corrected chi connectivity index (χ3v) is 3.95. The van der Waals surface area contributed by atoms with E-state index in [1.54, 1.807) is 6.08 Å². The van der Waals surface area contributed by atoms with E-state index < -0.39 is 12.1 Å². The second kappa shape index (κ2) is 6.07.